The number of carbonyl (C=O) groups excluding carboxylic acids is 4. The lowest BCUT2D eigenvalue weighted by molar-refractivity contribution is -0.890. The van der Waals surface area contributed by atoms with E-state index >= 15 is 0 Å². The van der Waals surface area contributed by atoms with Crippen molar-refractivity contribution in [3.05, 3.63) is 95.1 Å². The number of amides is 4. The lowest BCUT2D eigenvalue weighted by atomic mass is 9.94. The highest BCUT2D eigenvalue weighted by atomic mass is 16.2. The van der Waals surface area contributed by atoms with Gasteiger partial charge in [-0.25, -0.2) is 0 Å². The van der Waals surface area contributed by atoms with Crippen LogP contribution in [0.25, 0.3) is 21.5 Å². The first-order valence-corrected chi connectivity index (χ1v) is 19.9. The topological polar surface area (TPSA) is 74.8 Å². The van der Waals surface area contributed by atoms with Crippen molar-refractivity contribution in [2.75, 3.05) is 67.5 Å². The van der Waals surface area contributed by atoms with Crippen LogP contribution in [-0.4, -0.2) is 110 Å². The molecule has 0 atom stereocenters. The van der Waals surface area contributed by atoms with Crippen molar-refractivity contribution in [2.24, 2.45) is 0 Å². The molecule has 4 aromatic rings. The molecule has 4 aromatic carbocycles. The van der Waals surface area contributed by atoms with Crippen molar-refractivity contribution in [2.45, 2.75) is 70.6 Å². The van der Waals surface area contributed by atoms with Gasteiger partial charge in [0.25, 0.3) is 23.6 Å². The van der Waals surface area contributed by atoms with Gasteiger partial charge in [0.1, 0.15) is 0 Å². The first-order chi connectivity index (χ1) is 25.5. The SMILES string of the molecule is C[N+](C)(CCCCCCCCCCC[N+](C)(C)CCCN1C(=O)c2cccc3cccc(c23)C1=O)CCCN1C(=O)c2cccc3cccc(c23)C1=O. The fraction of sp³-hybridized carbons (Fsp3) is 0.467. The molecule has 8 nitrogen and oxygen atoms in total. The Morgan fingerprint density at radius 2 is 0.642 bits per heavy atom. The van der Waals surface area contributed by atoms with Gasteiger partial charge in [0.05, 0.1) is 54.4 Å². The Labute approximate surface area is 315 Å². The van der Waals surface area contributed by atoms with E-state index in [1.54, 1.807) is 0 Å². The average molecular weight is 719 g/mol. The molecule has 0 unspecified atom stereocenters. The molecule has 2 aliphatic rings. The molecular weight excluding hydrogens is 661 g/mol. The molecule has 2 heterocycles. The van der Waals surface area contributed by atoms with Crippen LogP contribution < -0.4 is 0 Å². The molecule has 280 valence electrons. The normalized spacial score (nSPS) is 14.6. The van der Waals surface area contributed by atoms with E-state index in [4.69, 9.17) is 0 Å². The third kappa shape index (κ3) is 8.88. The van der Waals surface area contributed by atoms with Gasteiger partial charge in [-0.2, -0.15) is 0 Å². The van der Waals surface area contributed by atoms with Crippen molar-refractivity contribution in [1.82, 2.24) is 9.80 Å². The van der Waals surface area contributed by atoms with Crippen LogP contribution in [-0.2, 0) is 0 Å². The minimum Gasteiger partial charge on any atom is -0.328 e. The summed E-state index contributed by atoms with van der Waals surface area (Å²) in [7, 11) is 9.02. The third-order valence-corrected chi connectivity index (χ3v) is 11.5. The quantitative estimate of drug-likeness (QED) is 0.0524. The highest BCUT2D eigenvalue weighted by Gasteiger charge is 2.34. The van der Waals surface area contributed by atoms with Crippen LogP contribution >= 0.6 is 0 Å². The highest BCUT2D eigenvalue weighted by Crippen LogP contribution is 2.31. The molecule has 0 radical (unpaired) electrons. The van der Waals surface area contributed by atoms with E-state index in [2.05, 4.69) is 28.2 Å². The molecule has 0 saturated carbocycles. The number of imide groups is 2. The molecule has 0 N–H and O–H groups in total. The molecule has 6 rings (SSSR count). The Kier molecular flexibility index (Phi) is 12.1. The number of hydrogen-bond donors (Lipinski definition) is 0. The molecule has 4 amide bonds. The van der Waals surface area contributed by atoms with Crippen LogP contribution in [0.3, 0.4) is 0 Å². The Hall–Kier alpha value is -4.40. The van der Waals surface area contributed by atoms with Gasteiger partial charge in [-0.15, -0.1) is 0 Å². The highest BCUT2D eigenvalue weighted by molar-refractivity contribution is 6.26. The maximum absolute atomic E-state index is 13.2. The van der Waals surface area contributed by atoms with Gasteiger partial charge < -0.3 is 8.97 Å². The predicted octanol–water partition coefficient (Wildman–Crippen LogP) is 8.33. The molecule has 0 aliphatic carbocycles. The van der Waals surface area contributed by atoms with Gasteiger partial charge in [-0.1, -0.05) is 80.6 Å². The summed E-state index contributed by atoms with van der Waals surface area (Å²) in [5.74, 6) is -0.680. The van der Waals surface area contributed by atoms with E-state index in [9.17, 15) is 19.2 Å². The van der Waals surface area contributed by atoms with Crippen molar-refractivity contribution < 1.29 is 28.1 Å². The minimum absolute atomic E-state index is 0.170. The smallest absolute Gasteiger partial charge is 0.261 e. The fourth-order valence-corrected chi connectivity index (χ4v) is 8.42. The zero-order chi connectivity index (χ0) is 37.6. The molecule has 53 heavy (non-hydrogen) atoms. The Morgan fingerprint density at radius 3 is 0.943 bits per heavy atom. The number of nitrogens with zero attached hydrogens (tertiary/aromatic N) is 4. The van der Waals surface area contributed by atoms with Gasteiger partial charge >= 0.3 is 0 Å². The maximum Gasteiger partial charge on any atom is 0.261 e. The van der Waals surface area contributed by atoms with E-state index in [0.717, 1.165) is 69.5 Å². The van der Waals surface area contributed by atoms with Crippen molar-refractivity contribution >= 4 is 45.2 Å². The summed E-state index contributed by atoms with van der Waals surface area (Å²) < 4.78 is 1.80. The number of benzene rings is 4. The molecule has 0 bridgehead atoms. The number of rotatable bonds is 20. The first kappa shape index (κ1) is 38.3. The number of unbranched alkanes of at least 4 members (excludes halogenated alkanes) is 8. The van der Waals surface area contributed by atoms with Gasteiger partial charge in [0.15, 0.2) is 0 Å². The monoisotopic (exact) mass is 718 g/mol. The lowest BCUT2D eigenvalue weighted by Crippen LogP contribution is -2.45. The molecule has 2 aliphatic heterocycles. The second-order valence-corrected chi connectivity index (χ2v) is 16.6. The van der Waals surface area contributed by atoms with Gasteiger partial charge in [0.2, 0.25) is 0 Å². The number of quaternary nitrogens is 2. The van der Waals surface area contributed by atoms with E-state index in [1.807, 2.05) is 72.8 Å². The number of hydrogen-bond acceptors (Lipinski definition) is 4. The summed E-state index contributed by atoms with van der Waals surface area (Å²) in [6.07, 6.45) is 12.9. The van der Waals surface area contributed by atoms with E-state index < -0.39 is 0 Å². The van der Waals surface area contributed by atoms with Crippen molar-refractivity contribution in [1.29, 1.82) is 0 Å². The van der Waals surface area contributed by atoms with Crippen LogP contribution in [0.1, 0.15) is 112 Å². The van der Waals surface area contributed by atoms with Crippen LogP contribution in [0.4, 0.5) is 0 Å². The van der Waals surface area contributed by atoms with Gasteiger partial charge in [0, 0.05) is 59.0 Å². The zero-order valence-electron chi connectivity index (χ0n) is 32.4. The summed E-state index contributed by atoms with van der Waals surface area (Å²) in [6.45, 7) is 4.99. The Morgan fingerprint density at radius 1 is 0.377 bits per heavy atom. The summed E-state index contributed by atoms with van der Waals surface area (Å²) >= 11 is 0. The molecule has 0 spiro atoms. The number of carbonyl (C=O) groups is 4. The van der Waals surface area contributed by atoms with E-state index in [1.165, 1.54) is 67.6 Å². The Balaban J connectivity index is 0.790. The molecule has 0 aromatic heterocycles. The van der Waals surface area contributed by atoms with Crippen LogP contribution in [0.5, 0.6) is 0 Å². The Bertz CT molecular complexity index is 1740. The first-order valence-electron chi connectivity index (χ1n) is 19.9. The van der Waals surface area contributed by atoms with Gasteiger partial charge in [-0.3, -0.25) is 29.0 Å². The summed E-state index contributed by atoms with van der Waals surface area (Å²) in [5, 5.41) is 3.47. The average Bonchev–Trinajstić information content (AvgIpc) is 3.14. The molecule has 8 heteroatoms. The van der Waals surface area contributed by atoms with E-state index in [-0.39, 0.29) is 23.6 Å². The summed E-state index contributed by atoms with van der Waals surface area (Å²) in [5.41, 5.74) is 2.54. The van der Waals surface area contributed by atoms with Gasteiger partial charge in [-0.05, 0) is 60.7 Å². The van der Waals surface area contributed by atoms with Crippen LogP contribution in [0, 0.1) is 0 Å². The van der Waals surface area contributed by atoms with Crippen LogP contribution in [0.2, 0.25) is 0 Å². The molecule has 0 fully saturated rings. The van der Waals surface area contributed by atoms with Crippen molar-refractivity contribution in [3.8, 4) is 0 Å². The summed E-state index contributed by atoms with van der Waals surface area (Å²) in [4.78, 5) is 55.7. The second-order valence-electron chi connectivity index (χ2n) is 16.6. The fourth-order valence-electron chi connectivity index (χ4n) is 8.42. The molecular formula is C45H58N4O4+2. The maximum atomic E-state index is 13.2. The lowest BCUT2D eigenvalue weighted by Gasteiger charge is -2.32. The molecule has 0 saturated heterocycles. The third-order valence-electron chi connectivity index (χ3n) is 11.5. The summed E-state index contributed by atoms with van der Waals surface area (Å²) in [6, 6.07) is 22.8. The second kappa shape index (κ2) is 16.7. The van der Waals surface area contributed by atoms with Crippen LogP contribution in [0.15, 0.2) is 72.8 Å². The predicted molar refractivity (Wildman–Crippen MR) is 213 cm³/mol. The zero-order valence-corrected chi connectivity index (χ0v) is 32.4. The van der Waals surface area contributed by atoms with E-state index in [0.29, 0.717) is 35.3 Å². The standard InChI is InChI=1S/C45H58N4O4/c1-48(2,32-18-28-46-42(50)36-24-14-20-34-21-15-25-37(40(34)36)43(46)51)30-12-10-8-6-5-7-9-11-13-31-49(3,4)33-19-29-47-44(52)38-26-16-22-35-23-17-27-39(41(35)38)45(47)53/h14-17,20-27H,5-13,18-19,28-33H2,1-4H3/q+2. The van der Waals surface area contributed by atoms with Crippen molar-refractivity contribution in [3.63, 3.8) is 0 Å². The largest absolute Gasteiger partial charge is 0.328 e. The minimum atomic E-state index is -0.170.